The molecule has 1 fully saturated rings. The molecule has 1 aliphatic heterocycles. The summed E-state index contributed by atoms with van der Waals surface area (Å²) in [7, 11) is 1.46. The average Bonchev–Trinajstić information content (AvgIpc) is 2.46. The standard InChI is InChI=1S/C17H23FN2O4/c1-17(2,3)24-16(22)20-14-8-15(21)19-9-12(14)11-6-5-10(23-4)7-13(11)18/h5-7,12,14H,8-9H2,1-4H3,(H,19,21)(H,20,22). The molecule has 2 rings (SSSR count). The van der Waals surface area contributed by atoms with Crippen molar-refractivity contribution in [3.05, 3.63) is 29.6 Å². The van der Waals surface area contributed by atoms with Gasteiger partial charge in [0, 0.05) is 31.0 Å². The number of methoxy groups -OCH3 is 1. The highest BCUT2D eigenvalue weighted by molar-refractivity contribution is 5.79. The molecule has 24 heavy (non-hydrogen) atoms. The van der Waals surface area contributed by atoms with Crippen LogP contribution in [-0.4, -0.2) is 37.3 Å². The predicted octanol–water partition coefficient (Wildman–Crippen LogP) is 2.33. The first-order chi connectivity index (χ1) is 11.2. The zero-order valence-corrected chi connectivity index (χ0v) is 14.3. The van der Waals surface area contributed by atoms with Crippen LogP contribution >= 0.6 is 0 Å². The van der Waals surface area contributed by atoms with Crippen LogP contribution in [0.25, 0.3) is 0 Å². The Morgan fingerprint density at radius 2 is 2.08 bits per heavy atom. The van der Waals surface area contributed by atoms with Crippen LogP contribution in [0.3, 0.4) is 0 Å². The van der Waals surface area contributed by atoms with Gasteiger partial charge in [0.1, 0.15) is 17.2 Å². The van der Waals surface area contributed by atoms with E-state index >= 15 is 0 Å². The van der Waals surface area contributed by atoms with Crippen molar-refractivity contribution in [1.82, 2.24) is 10.6 Å². The molecule has 1 aliphatic rings. The van der Waals surface area contributed by atoms with Crippen molar-refractivity contribution in [3.63, 3.8) is 0 Å². The van der Waals surface area contributed by atoms with E-state index in [1.165, 1.54) is 13.2 Å². The number of piperidine rings is 1. The predicted molar refractivity (Wildman–Crippen MR) is 86.5 cm³/mol. The van der Waals surface area contributed by atoms with E-state index in [9.17, 15) is 14.0 Å². The number of hydrogen-bond donors (Lipinski definition) is 2. The van der Waals surface area contributed by atoms with Gasteiger partial charge in [-0.05, 0) is 32.4 Å². The topological polar surface area (TPSA) is 76.7 Å². The highest BCUT2D eigenvalue weighted by atomic mass is 19.1. The first-order valence-electron chi connectivity index (χ1n) is 7.79. The van der Waals surface area contributed by atoms with Gasteiger partial charge in [-0.15, -0.1) is 0 Å². The molecule has 0 bridgehead atoms. The van der Waals surface area contributed by atoms with Crippen molar-refractivity contribution < 1.29 is 23.5 Å². The maximum Gasteiger partial charge on any atom is 0.407 e. The summed E-state index contributed by atoms with van der Waals surface area (Å²) < 4.78 is 24.6. The van der Waals surface area contributed by atoms with E-state index in [0.717, 1.165) is 0 Å². The molecule has 0 saturated carbocycles. The first-order valence-corrected chi connectivity index (χ1v) is 7.79. The highest BCUT2D eigenvalue weighted by Gasteiger charge is 2.34. The Morgan fingerprint density at radius 3 is 2.67 bits per heavy atom. The Bertz CT molecular complexity index is 628. The normalized spacial score (nSPS) is 21.0. The van der Waals surface area contributed by atoms with Crippen LogP contribution in [0, 0.1) is 5.82 Å². The molecule has 2 unspecified atom stereocenters. The van der Waals surface area contributed by atoms with Crippen molar-refractivity contribution >= 4 is 12.0 Å². The number of alkyl carbamates (subject to hydrolysis) is 1. The van der Waals surface area contributed by atoms with Gasteiger partial charge in [0.2, 0.25) is 5.91 Å². The minimum atomic E-state index is -0.651. The van der Waals surface area contributed by atoms with E-state index in [1.54, 1.807) is 32.9 Å². The number of amides is 2. The molecule has 0 aromatic heterocycles. The second-order valence-corrected chi connectivity index (χ2v) is 6.75. The summed E-state index contributed by atoms with van der Waals surface area (Å²) in [5, 5.41) is 5.40. The van der Waals surface area contributed by atoms with Gasteiger partial charge >= 0.3 is 6.09 Å². The molecule has 1 heterocycles. The van der Waals surface area contributed by atoms with Crippen LogP contribution in [0.2, 0.25) is 0 Å². The molecule has 0 aliphatic carbocycles. The summed E-state index contributed by atoms with van der Waals surface area (Å²) >= 11 is 0. The van der Waals surface area contributed by atoms with Crippen LogP contribution < -0.4 is 15.4 Å². The van der Waals surface area contributed by atoms with Crippen LogP contribution in [0.4, 0.5) is 9.18 Å². The number of nitrogens with one attached hydrogen (secondary N) is 2. The molecule has 2 N–H and O–H groups in total. The lowest BCUT2D eigenvalue weighted by atomic mass is 9.86. The van der Waals surface area contributed by atoms with E-state index in [1.807, 2.05) is 0 Å². The van der Waals surface area contributed by atoms with Gasteiger partial charge in [-0.1, -0.05) is 6.07 Å². The fourth-order valence-corrected chi connectivity index (χ4v) is 2.65. The monoisotopic (exact) mass is 338 g/mol. The number of carbonyl (C=O) groups excluding carboxylic acids is 2. The zero-order valence-electron chi connectivity index (χ0n) is 14.3. The Hall–Kier alpha value is -2.31. The van der Waals surface area contributed by atoms with E-state index < -0.39 is 23.6 Å². The highest BCUT2D eigenvalue weighted by Crippen LogP contribution is 2.29. The van der Waals surface area contributed by atoms with E-state index in [4.69, 9.17) is 9.47 Å². The maximum atomic E-state index is 14.4. The summed E-state index contributed by atoms with van der Waals surface area (Å²) in [6.45, 7) is 5.49. The van der Waals surface area contributed by atoms with Gasteiger partial charge in [-0.2, -0.15) is 0 Å². The van der Waals surface area contributed by atoms with Crippen LogP contribution in [0.15, 0.2) is 18.2 Å². The molecule has 2 atom stereocenters. The molecule has 0 radical (unpaired) electrons. The van der Waals surface area contributed by atoms with Crippen LogP contribution in [0.1, 0.15) is 38.7 Å². The van der Waals surface area contributed by atoms with Gasteiger partial charge in [0.05, 0.1) is 7.11 Å². The summed E-state index contributed by atoms with van der Waals surface area (Å²) in [5.74, 6) is -0.610. The Morgan fingerprint density at radius 1 is 1.38 bits per heavy atom. The molecule has 1 aromatic rings. The summed E-state index contributed by atoms with van der Waals surface area (Å²) in [6, 6.07) is 4.01. The lowest BCUT2D eigenvalue weighted by Crippen LogP contribution is -2.51. The van der Waals surface area contributed by atoms with Crippen molar-refractivity contribution in [1.29, 1.82) is 0 Å². The van der Waals surface area contributed by atoms with Gasteiger partial charge in [-0.3, -0.25) is 4.79 Å². The van der Waals surface area contributed by atoms with E-state index in [-0.39, 0.29) is 24.8 Å². The number of ether oxygens (including phenoxy) is 2. The minimum absolute atomic E-state index is 0.0649. The van der Waals surface area contributed by atoms with Crippen molar-refractivity contribution in [2.24, 2.45) is 0 Å². The second kappa shape index (κ2) is 7.07. The largest absolute Gasteiger partial charge is 0.497 e. The van der Waals surface area contributed by atoms with Crippen LogP contribution in [-0.2, 0) is 9.53 Å². The third-order valence-electron chi connectivity index (χ3n) is 3.72. The summed E-state index contributed by atoms with van der Waals surface area (Å²) in [6.07, 6.45) is -0.559. The number of benzene rings is 1. The first kappa shape index (κ1) is 18.0. The smallest absolute Gasteiger partial charge is 0.407 e. The third kappa shape index (κ3) is 4.59. The molecular weight excluding hydrogens is 315 g/mol. The molecule has 1 saturated heterocycles. The van der Waals surface area contributed by atoms with Gasteiger partial charge in [0.15, 0.2) is 0 Å². The number of rotatable bonds is 3. The molecule has 1 aromatic carbocycles. The Balaban J connectivity index is 2.20. The van der Waals surface area contributed by atoms with Gasteiger partial charge in [-0.25, -0.2) is 9.18 Å². The minimum Gasteiger partial charge on any atom is -0.497 e. The Labute approximate surface area is 140 Å². The quantitative estimate of drug-likeness (QED) is 0.887. The number of halogens is 1. The third-order valence-corrected chi connectivity index (χ3v) is 3.72. The maximum absolute atomic E-state index is 14.4. The fourth-order valence-electron chi connectivity index (χ4n) is 2.65. The number of carbonyl (C=O) groups is 2. The molecule has 7 heteroatoms. The molecular formula is C17H23FN2O4. The van der Waals surface area contributed by atoms with Crippen molar-refractivity contribution in [3.8, 4) is 5.75 Å². The van der Waals surface area contributed by atoms with Crippen molar-refractivity contribution in [2.75, 3.05) is 13.7 Å². The van der Waals surface area contributed by atoms with Gasteiger partial charge < -0.3 is 20.1 Å². The van der Waals surface area contributed by atoms with Crippen molar-refractivity contribution in [2.45, 2.75) is 44.8 Å². The summed E-state index contributed by atoms with van der Waals surface area (Å²) in [5.41, 5.74) is -0.237. The SMILES string of the molecule is COc1ccc(C2CNC(=O)CC2NC(=O)OC(C)(C)C)c(F)c1. The van der Waals surface area contributed by atoms with Gasteiger partial charge in [0.25, 0.3) is 0 Å². The molecule has 6 nitrogen and oxygen atoms in total. The molecule has 2 amide bonds. The van der Waals surface area contributed by atoms with E-state index in [0.29, 0.717) is 11.3 Å². The Kier molecular flexibility index (Phi) is 5.31. The second-order valence-electron chi connectivity index (χ2n) is 6.75. The zero-order chi connectivity index (χ0) is 17.9. The fraction of sp³-hybridized carbons (Fsp3) is 0.529. The summed E-state index contributed by atoms with van der Waals surface area (Å²) in [4.78, 5) is 23.7. The van der Waals surface area contributed by atoms with Crippen LogP contribution in [0.5, 0.6) is 5.75 Å². The number of hydrogen-bond acceptors (Lipinski definition) is 4. The molecule has 132 valence electrons. The molecule has 0 spiro atoms. The lowest BCUT2D eigenvalue weighted by molar-refractivity contribution is -0.123. The van der Waals surface area contributed by atoms with E-state index in [2.05, 4.69) is 10.6 Å². The average molecular weight is 338 g/mol. The lowest BCUT2D eigenvalue weighted by Gasteiger charge is -2.33.